The molecule has 11 heavy (non-hydrogen) atoms. The van der Waals surface area contributed by atoms with E-state index in [1.165, 1.54) is 12.8 Å². The molecule has 2 rings (SSSR count). The van der Waals surface area contributed by atoms with Crippen LogP contribution < -0.4 is 5.73 Å². The van der Waals surface area contributed by atoms with E-state index in [-0.39, 0.29) is 0 Å². The molecule has 2 heteroatoms. The van der Waals surface area contributed by atoms with Gasteiger partial charge in [-0.05, 0) is 30.6 Å². The van der Waals surface area contributed by atoms with Gasteiger partial charge < -0.3 is 10.5 Å². The third kappa shape index (κ3) is 1.42. The molecule has 2 fully saturated rings. The summed E-state index contributed by atoms with van der Waals surface area (Å²) in [5.74, 6) is 2.34. The quantitative estimate of drug-likeness (QED) is 0.646. The fraction of sp³-hybridized carbons (Fsp3) is 1.00. The zero-order chi connectivity index (χ0) is 7.84. The van der Waals surface area contributed by atoms with Crippen LogP contribution in [0.4, 0.5) is 0 Å². The molecule has 64 valence electrons. The Kier molecular flexibility index (Phi) is 1.90. The zero-order valence-corrected chi connectivity index (χ0v) is 7.12. The van der Waals surface area contributed by atoms with E-state index in [4.69, 9.17) is 10.5 Å². The van der Waals surface area contributed by atoms with Gasteiger partial charge in [0.15, 0.2) is 0 Å². The predicted octanol–water partition coefficient (Wildman–Crippen LogP) is 1.01. The highest BCUT2D eigenvalue weighted by Crippen LogP contribution is 2.42. The lowest BCUT2D eigenvalue weighted by Crippen LogP contribution is -2.33. The summed E-state index contributed by atoms with van der Waals surface area (Å²) in [6.07, 6.45) is 2.53. The van der Waals surface area contributed by atoms with Gasteiger partial charge in [-0.3, -0.25) is 0 Å². The Hall–Kier alpha value is -0.0800. The molecule has 2 N–H and O–H groups in total. The van der Waals surface area contributed by atoms with Crippen LogP contribution in [0, 0.1) is 17.8 Å². The fourth-order valence-corrected chi connectivity index (χ4v) is 2.09. The number of nitrogens with two attached hydrogens (primary N) is 1. The maximum absolute atomic E-state index is 6.09. The van der Waals surface area contributed by atoms with E-state index in [1.54, 1.807) is 0 Å². The summed E-state index contributed by atoms with van der Waals surface area (Å²) in [5, 5.41) is 0. The molecule has 0 bridgehead atoms. The summed E-state index contributed by atoms with van der Waals surface area (Å²) < 4.78 is 5.31. The summed E-state index contributed by atoms with van der Waals surface area (Å²) in [7, 11) is 0. The lowest BCUT2D eigenvalue weighted by molar-refractivity contribution is 0.178. The van der Waals surface area contributed by atoms with E-state index in [1.807, 2.05) is 0 Å². The van der Waals surface area contributed by atoms with Crippen LogP contribution >= 0.6 is 0 Å². The average Bonchev–Trinajstić information content (AvgIpc) is 2.56. The highest BCUT2D eigenvalue weighted by molar-refractivity contribution is 4.94. The molecule has 2 nitrogen and oxygen atoms in total. The van der Waals surface area contributed by atoms with Crippen molar-refractivity contribution in [2.24, 2.45) is 23.5 Å². The van der Waals surface area contributed by atoms with Gasteiger partial charge in [-0.15, -0.1) is 0 Å². The van der Waals surface area contributed by atoms with Crippen LogP contribution in [-0.4, -0.2) is 19.3 Å². The van der Waals surface area contributed by atoms with E-state index in [9.17, 15) is 0 Å². The molecular formula is C9H17NO. The van der Waals surface area contributed by atoms with Gasteiger partial charge in [0, 0.05) is 12.6 Å². The zero-order valence-electron chi connectivity index (χ0n) is 7.12. The molecule has 4 unspecified atom stereocenters. The van der Waals surface area contributed by atoms with Crippen molar-refractivity contribution in [2.45, 2.75) is 25.8 Å². The van der Waals surface area contributed by atoms with E-state index in [0.717, 1.165) is 25.0 Å². The van der Waals surface area contributed by atoms with Crippen molar-refractivity contribution in [2.75, 3.05) is 13.2 Å². The maximum atomic E-state index is 6.09. The second kappa shape index (κ2) is 2.76. The van der Waals surface area contributed by atoms with Gasteiger partial charge in [-0.2, -0.15) is 0 Å². The number of ether oxygens (including phenoxy) is 1. The number of hydrogen-bond donors (Lipinski definition) is 1. The van der Waals surface area contributed by atoms with Crippen LogP contribution in [0.3, 0.4) is 0 Å². The molecule has 1 aliphatic carbocycles. The summed E-state index contributed by atoms with van der Waals surface area (Å²) >= 11 is 0. The lowest BCUT2D eigenvalue weighted by atomic mass is 9.95. The second-order valence-electron chi connectivity index (χ2n) is 4.08. The van der Waals surface area contributed by atoms with Crippen LogP contribution in [-0.2, 0) is 4.74 Å². The minimum absolute atomic E-state index is 0.424. The molecule has 1 aliphatic heterocycles. The molecule has 0 radical (unpaired) electrons. The van der Waals surface area contributed by atoms with Crippen molar-refractivity contribution >= 4 is 0 Å². The Bertz CT molecular complexity index is 142. The van der Waals surface area contributed by atoms with Crippen molar-refractivity contribution in [3.8, 4) is 0 Å². The molecule has 0 aromatic rings. The minimum atomic E-state index is 0.424. The second-order valence-corrected chi connectivity index (χ2v) is 4.08. The fourth-order valence-electron chi connectivity index (χ4n) is 2.09. The van der Waals surface area contributed by atoms with E-state index >= 15 is 0 Å². The molecule has 2 aliphatic rings. The van der Waals surface area contributed by atoms with Crippen molar-refractivity contribution in [1.29, 1.82) is 0 Å². The summed E-state index contributed by atoms with van der Waals surface area (Å²) in [5.41, 5.74) is 6.09. The highest BCUT2D eigenvalue weighted by Gasteiger charge is 2.41. The smallest absolute Gasteiger partial charge is 0.0510 e. The maximum Gasteiger partial charge on any atom is 0.0510 e. The van der Waals surface area contributed by atoms with Crippen LogP contribution in [0.5, 0.6) is 0 Å². The van der Waals surface area contributed by atoms with E-state index in [2.05, 4.69) is 6.92 Å². The van der Waals surface area contributed by atoms with Crippen molar-refractivity contribution < 1.29 is 4.74 Å². The predicted molar refractivity (Wildman–Crippen MR) is 44.2 cm³/mol. The Morgan fingerprint density at radius 2 is 2.27 bits per heavy atom. The first-order valence-electron chi connectivity index (χ1n) is 4.62. The molecule has 1 saturated heterocycles. The van der Waals surface area contributed by atoms with Gasteiger partial charge in [-0.1, -0.05) is 6.92 Å². The summed E-state index contributed by atoms with van der Waals surface area (Å²) in [6, 6.07) is 0.424. The Morgan fingerprint density at radius 1 is 1.55 bits per heavy atom. The minimum Gasteiger partial charge on any atom is -0.381 e. The SMILES string of the molecule is CC1CC1C(N)C1CCOC1. The Labute approximate surface area is 68.1 Å². The highest BCUT2D eigenvalue weighted by atomic mass is 16.5. The van der Waals surface area contributed by atoms with Gasteiger partial charge in [0.05, 0.1) is 6.61 Å². The molecule has 0 aromatic heterocycles. The Morgan fingerprint density at radius 3 is 2.73 bits per heavy atom. The molecule has 0 spiro atoms. The van der Waals surface area contributed by atoms with Crippen LogP contribution in [0.25, 0.3) is 0 Å². The first-order chi connectivity index (χ1) is 5.29. The topological polar surface area (TPSA) is 35.2 Å². The number of rotatable bonds is 2. The molecular weight excluding hydrogens is 138 g/mol. The first kappa shape index (κ1) is 7.56. The van der Waals surface area contributed by atoms with Gasteiger partial charge in [0.1, 0.15) is 0 Å². The van der Waals surface area contributed by atoms with Gasteiger partial charge >= 0.3 is 0 Å². The molecule has 0 aromatic carbocycles. The van der Waals surface area contributed by atoms with Crippen molar-refractivity contribution in [3.05, 3.63) is 0 Å². The third-order valence-corrected chi connectivity index (χ3v) is 3.18. The van der Waals surface area contributed by atoms with Crippen molar-refractivity contribution in [3.63, 3.8) is 0 Å². The normalized spacial score (nSPS) is 45.8. The van der Waals surface area contributed by atoms with Crippen LogP contribution in [0.15, 0.2) is 0 Å². The average molecular weight is 155 g/mol. The molecule has 1 saturated carbocycles. The first-order valence-corrected chi connectivity index (χ1v) is 4.62. The van der Waals surface area contributed by atoms with Gasteiger partial charge in [-0.25, -0.2) is 0 Å². The number of hydrogen-bond acceptors (Lipinski definition) is 2. The van der Waals surface area contributed by atoms with Gasteiger partial charge in [0.2, 0.25) is 0 Å². The standard InChI is InChI=1S/C9H17NO/c1-6-4-8(6)9(10)7-2-3-11-5-7/h6-9H,2-5,10H2,1H3. The summed E-state index contributed by atoms with van der Waals surface area (Å²) in [4.78, 5) is 0. The molecule has 1 heterocycles. The van der Waals surface area contributed by atoms with Gasteiger partial charge in [0.25, 0.3) is 0 Å². The van der Waals surface area contributed by atoms with E-state index < -0.39 is 0 Å². The monoisotopic (exact) mass is 155 g/mol. The van der Waals surface area contributed by atoms with E-state index in [0.29, 0.717) is 12.0 Å². The Balaban J connectivity index is 1.84. The van der Waals surface area contributed by atoms with Crippen LogP contribution in [0.2, 0.25) is 0 Å². The van der Waals surface area contributed by atoms with Crippen LogP contribution in [0.1, 0.15) is 19.8 Å². The summed E-state index contributed by atoms with van der Waals surface area (Å²) in [6.45, 7) is 4.13. The molecule has 0 amide bonds. The molecule has 4 atom stereocenters. The largest absolute Gasteiger partial charge is 0.381 e. The third-order valence-electron chi connectivity index (χ3n) is 3.18. The lowest BCUT2D eigenvalue weighted by Gasteiger charge is -2.16. The van der Waals surface area contributed by atoms with Crippen molar-refractivity contribution in [1.82, 2.24) is 0 Å².